The van der Waals surface area contributed by atoms with E-state index < -0.39 is 17.6 Å². The van der Waals surface area contributed by atoms with Crippen LogP contribution in [0.15, 0.2) is 12.2 Å². The number of aliphatic hydroxyl groups excluding tert-OH is 3. The van der Waals surface area contributed by atoms with Crippen LogP contribution in [-0.2, 0) is 0 Å². The second-order valence-corrected chi connectivity index (χ2v) is 14.6. The summed E-state index contributed by atoms with van der Waals surface area (Å²) in [5, 5.41) is 32.9. The molecule has 5 aliphatic rings. The molecule has 5 rings (SSSR count). The van der Waals surface area contributed by atoms with E-state index in [1.54, 1.807) is 0 Å². The van der Waals surface area contributed by atoms with Crippen molar-refractivity contribution >= 4 is 0 Å². The van der Waals surface area contributed by atoms with Crippen LogP contribution in [0.2, 0.25) is 0 Å². The lowest BCUT2D eigenvalue weighted by Gasteiger charge is -2.73. The Bertz CT molecular complexity index is 823. The van der Waals surface area contributed by atoms with Crippen molar-refractivity contribution in [2.45, 2.75) is 112 Å². The Labute approximate surface area is 202 Å². The average Bonchev–Trinajstić information content (AvgIpc) is 3.11. The Kier molecular flexibility index (Phi) is 5.40. The summed E-state index contributed by atoms with van der Waals surface area (Å²) < 4.78 is 0. The highest BCUT2D eigenvalue weighted by Gasteiger charge is 2.72. The van der Waals surface area contributed by atoms with Crippen molar-refractivity contribution in [3.63, 3.8) is 0 Å². The highest BCUT2D eigenvalue weighted by molar-refractivity contribution is 5.22. The third-order valence-electron chi connectivity index (χ3n) is 13.7. The quantitative estimate of drug-likeness (QED) is 0.447. The largest absolute Gasteiger partial charge is 0.396 e. The van der Waals surface area contributed by atoms with Gasteiger partial charge in [0.25, 0.3) is 0 Å². The van der Waals surface area contributed by atoms with E-state index in [1.165, 1.54) is 44.1 Å². The molecule has 5 aliphatic carbocycles. The van der Waals surface area contributed by atoms with E-state index in [1.807, 2.05) is 0 Å². The lowest BCUT2D eigenvalue weighted by Crippen LogP contribution is -2.70. The molecule has 188 valence electrons. The number of aliphatic hydroxyl groups is 3. The van der Waals surface area contributed by atoms with Crippen LogP contribution in [0.25, 0.3) is 0 Å². The predicted octanol–water partition coefficient (Wildman–Crippen LogP) is 5.97. The summed E-state index contributed by atoms with van der Waals surface area (Å²) in [4.78, 5) is 0. The molecule has 0 heterocycles. The number of hydrogen-bond acceptors (Lipinski definition) is 3. The maximum Gasteiger partial charge on any atom is 0.0643 e. The Hall–Kier alpha value is -0.380. The fourth-order valence-corrected chi connectivity index (χ4v) is 11.5. The van der Waals surface area contributed by atoms with Crippen molar-refractivity contribution in [1.82, 2.24) is 0 Å². The van der Waals surface area contributed by atoms with Crippen molar-refractivity contribution in [2.24, 2.45) is 56.7 Å². The van der Waals surface area contributed by atoms with Crippen molar-refractivity contribution < 1.29 is 15.3 Å². The van der Waals surface area contributed by atoms with Gasteiger partial charge in [-0.25, -0.2) is 0 Å². The van der Waals surface area contributed by atoms with E-state index in [-0.39, 0.29) is 28.8 Å². The van der Waals surface area contributed by atoms with Gasteiger partial charge in [-0.1, -0.05) is 46.8 Å². The summed E-state index contributed by atoms with van der Waals surface area (Å²) in [6, 6.07) is 0. The molecule has 3 heteroatoms. The third-order valence-corrected chi connectivity index (χ3v) is 13.7. The zero-order valence-corrected chi connectivity index (χ0v) is 22.2. The van der Waals surface area contributed by atoms with Gasteiger partial charge >= 0.3 is 0 Å². The number of fused-ring (bicyclic) bond motifs is 7. The molecule has 0 spiro atoms. The van der Waals surface area contributed by atoms with Crippen LogP contribution >= 0.6 is 0 Å². The average molecular weight is 459 g/mol. The van der Waals surface area contributed by atoms with Gasteiger partial charge in [0.2, 0.25) is 0 Å². The predicted molar refractivity (Wildman–Crippen MR) is 133 cm³/mol. The monoisotopic (exact) mass is 458 g/mol. The molecule has 0 aromatic carbocycles. The van der Waals surface area contributed by atoms with Crippen molar-refractivity contribution in [1.29, 1.82) is 0 Å². The van der Waals surface area contributed by atoms with Gasteiger partial charge in [0, 0.05) is 17.3 Å². The normalized spacial score (nSPS) is 60.3. The summed E-state index contributed by atoms with van der Waals surface area (Å²) in [7, 11) is 0. The highest BCUT2D eigenvalue weighted by Crippen LogP contribution is 2.77. The van der Waals surface area contributed by atoms with Gasteiger partial charge < -0.3 is 15.3 Å². The summed E-state index contributed by atoms with van der Waals surface area (Å²) in [6.45, 7) is 18.9. The van der Waals surface area contributed by atoms with Crippen LogP contribution < -0.4 is 0 Å². The smallest absolute Gasteiger partial charge is 0.0643 e. The first-order valence-corrected chi connectivity index (χ1v) is 13.9. The molecule has 0 unspecified atom stereocenters. The fourth-order valence-electron chi connectivity index (χ4n) is 11.5. The number of hydrogen-bond donors (Lipinski definition) is 3. The molecule has 3 nitrogen and oxygen atoms in total. The third kappa shape index (κ3) is 2.80. The Morgan fingerprint density at radius 1 is 0.818 bits per heavy atom. The van der Waals surface area contributed by atoms with Crippen molar-refractivity contribution in [3.8, 4) is 0 Å². The molecule has 5 fully saturated rings. The van der Waals surface area contributed by atoms with Crippen LogP contribution in [-0.4, -0.2) is 34.1 Å². The molecule has 0 aromatic heterocycles. The Morgan fingerprint density at radius 3 is 2.15 bits per heavy atom. The minimum absolute atomic E-state index is 0.00515. The van der Waals surface area contributed by atoms with E-state index in [4.69, 9.17) is 0 Å². The van der Waals surface area contributed by atoms with Gasteiger partial charge in [-0.2, -0.15) is 0 Å². The second kappa shape index (κ2) is 7.32. The highest BCUT2D eigenvalue weighted by atomic mass is 16.3. The first-order valence-electron chi connectivity index (χ1n) is 13.9. The fraction of sp³-hybridized carbons (Fsp3) is 0.933. The molecule has 12 atom stereocenters. The zero-order chi connectivity index (χ0) is 24.2. The van der Waals surface area contributed by atoms with Gasteiger partial charge in [-0.15, -0.1) is 0 Å². The van der Waals surface area contributed by atoms with Gasteiger partial charge in [0.15, 0.2) is 0 Å². The van der Waals surface area contributed by atoms with E-state index in [0.717, 1.165) is 24.7 Å². The molecule has 0 bridgehead atoms. The topological polar surface area (TPSA) is 60.7 Å². The van der Waals surface area contributed by atoms with Crippen LogP contribution in [0.4, 0.5) is 0 Å². The first-order chi connectivity index (χ1) is 15.3. The van der Waals surface area contributed by atoms with Gasteiger partial charge in [-0.05, 0) is 104 Å². The Morgan fingerprint density at radius 2 is 1.52 bits per heavy atom. The number of rotatable bonds is 2. The van der Waals surface area contributed by atoms with Crippen LogP contribution in [0.3, 0.4) is 0 Å². The molecule has 33 heavy (non-hydrogen) atoms. The molecular formula is C30H50O3. The molecule has 0 aromatic rings. The van der Waals surface area contributed by atoms with E-state index in [9.17, 15) is 15.3 Å². The van der Waals surface area contributed by atoms with Gasteiger partial charge in [0.1, 0.15) is 0 Å². The standard InChI is InChI=1S/C30H50O3/c1-18(2)19-10-12-26(3)14-15-28(5)20(25(19)26)8-9-22-29(28,6)13-11-21-27(4,17-31)23(32)16-24(33)30(21,22)7/h19-25,31-33H,1,8-17H2,2-7H3/t19-,20+,21-,22-,23+,24-,25+,26+,27-,28+,29+,30-/m0/s1. The first kappa shape index (κ1) is 24.3. The molecule has 0 radical (unpaired) electrons. The summed E-state index contributed by atoms with van der Waals surface area (Å²) in [5.74, 6) is 2.75. The lowest BCUT2D eigenvalue weighted by atomic mass is 9.32. The van der Waals surface area contributed by atoms with Crippen LogP contribution in [0, 0.1) is 56.7 Å². The summed E-state index contributed by atoms with van der Waals surface area (Å²) >= 11 is 0. The summed E-state index contributed by atoms with van der Waals surface area (Å²) in [5.41, 5.74) is 1.55. The molecule has 3 N–H and O–H groups in total. The molecule has 0 amide bonds. The van der Waals surface area contributed by atoms with E-state index >= 15 is 0 Å². The second-order valence-electron chi connectivity index (χ2n) is 14.6. The Balaban J connectivity index is 1.57. The van der Waals surface area contributed by atoms with Crippen LogP contribution in [0.1, 0.15) is 99.3 Å². The van der Waals surface area contributed by atoms with Gasteiger partial charge in [0.05, 0.1) is 18.8 Å². The molecule has 5 saturated carbocycles. The number of allylic oxidation sites excluding steroid dienone is 1. The lowest BCUT2D eigenvalue weighted by molar-refractivity contribution is -0.280. The maximum atomic E-state index is 11.5. The van der Waals surface area contributed by atoms with Crippen molar-refractivity contribution in [2.75, 3.05) is 6.61 Å². The zero-order valence-electron chi connectivity index (χ0n) is 22.2. The molecule has 0 saturated heterocycles. The van der Waals surface area contributed by atoms with Gasteiger partial charge in [-0.3, -0.25) is 0 Å². The SMILES string of the molecule is C=C(C)[C@@H]1CC[C@]2(C)CC[C@]3(C)[C@H](CC[C@@H]4[C@@]5(C)[C@@H](O)C[C@@H](O)[C@@](C)(CO)[C@@H]5CC[C@]43C)[C@@H]12. The molecule has 0 aliphatic heterocycles. The minimum atomic E-state index is -0.628. The van der Waals surface area contributed by atoms with Crippen LogP contribution in [0.5, 0.6) is 0 Å². The minimum Gasteiger partial charge on any atom is -0.396 e. The van der Waals surface area contributed by atoms with Crippen molar-refractivity contribution in [3.05, 3.63) is 12.2 Å². The maximum absolute atomic E-state index is 11.5. The van der Waals surface area contributed by atoms with E-state index in [0.29, 0.717) is 23.7 Å². The summed E-state index contributed by atoms with van der Waals surface area (Å²) in [6.07, 6.45) is 9.16. The molecular weight excluding hydrogens is 408 g/mol. The van der Waals surface area contributed by atoms with E-state index in [2.05, 4.69) is 48.1 Å².